The molecule has 0 atom stereocenters. The predicted octanol–water partition coefficient (Wildman–Crippen LogP) is 0.0905. The van der Waals surface area contributed by atoms with Crippen molar-refractivity contribution in [2.45, 2.75) is 12.8 Å². The van der Waals surface area contributed by atoms with E-state index in [1.807, 2.05) is 6.08 Å². The molecule has 3 nitrogen and oxygen atoms in total. The first-order chi connectivity index (χ1) is 5.91. The van der Waals surface area contributed by atoms with Gasteiger partial charge in [0, 0.05) is 6.54 Å². The summed E-state index contributed by atoms with van der Waals surface area (Å²) in [4.78, 5) is 0. The quantitative estimate of drug-likeness (QED) is 0.340. The van der Waals surface area contributed by atoms with Gasteiger partial charge in [0.15, 0.2) is 0 Å². The Morgan fingerprint density at radius 3 is 2.42 bits per heavy atom. The van der Waals surface area contributed by atoms with Crippen molar-refractivity contribution in [2.75, 3.05) is 32.7 Å². The number of nitrogens with one attached hydrogen (secondary N) is 2. The minimum Gasteiger partial charge on any atom is -0.330 e. The Kier molecular flexibility index (Phi) is 10.3. The molecule has 0 unspecified atom stereocenters. The molecule has 0 saturated heterocycles. The molecule has 0 fully saturated rings. The molecule has 12 heavy (non-hydrogen) atoms. The Bertz CT molecular complexity index is 93.8. The summed E-state index contributed by atoms with van der Waals surface area (Å²) in [5.41, 5.74) is 5.35. The molecule has 0 aromatic carbocycles. The van der Waals surface area contributed by atoms with Crippen LogP contribution in [0.4, 0.5) is 0 Å². The van der Waals surface area contributed by atoms with Crippen LogP contribution in [0.15, 0.2) is 12.7 Å². The lowest BCUT2D eigenvalue weighted by Gasteiger charge is -2.03. The van der Waals surface area contributed by atoms with Gasteiger partial charge in [-0.25, -0.2) is 0 Å². The summed E-state index contributed by atoms with van der Waals surface area (Å²) in [6.07, 6.45) is 4.11. The molecule has 3 heteroatoms. The van der Waals surface area contributed by atoms with E-state index in [0.717, 1.165) is 39.1 Å². The second-order valence-corrected chi connectivity index (χ2v) is 2.74. The lowest BCUT2D eigenvalue weighted by molar-refractivity contribution is 0.601. The summed E-state index contributed by atoms with van der Waals surface area (Å²) in [5.74, 6) is 0. The Morgan fingerprint density at radius 2 is 1.75 bits per heavy atom. The first kappa shape index (κ1) is 11.6. The minimum absolute atomic E-state index is 0.779. The van der Waals surface area contributed by atoms with Crippen LogP contribution >= 0.6 is 0 Å². The van der Waals surface area contributed by atoms with Gasteiger partial charge in [-0.1, -0.05) is 6.08 Å². The highest BCUT2D eigenvalue weighted by Gasteiger charge is 1.86. The van der Waals surface area contributed by atoms with Crippen molar-refractivity contribution < 1.29 is 0 Å². The van der Waals surface area contributed by atoms with E-state index < -0.39 is 0 Å². The molecular formula is C9H21N3. The van der Waals surface area contributed by atoms with Crippen molar-refractivity contribution in [1.29, 1.82) is 0 Å². The van der Waals surface area contributed by atoms with Crippen molar-refractivity contribution in [2.24, 2.45) is 5.73 Å². The summed E-state index contributed by atoms with van der Waals surface area (Å²) < 4.78 is 0. The zero-order valence-corrected chi connectivity index (χ0v) is 7.81. The van der Waals surface area contributed by atoms with Gasteiger partial charge < -0.3 is 16.4 Å². The maximum absolute atomic E-state index is 5.35. The first-order valence-corrected chi connectivity index (χ1v) is 4.64. The Labute approximate surface area is 75.4 Å². The maximum Gasteiger partial charge on any atom is 0.0132 e. The summed E-state index contributed by atoms with van der Waals surface area (Å²) >= 11 is 0. The normalized spacial score (nSPS) is 10.1. The molecule has 0 aromatic heterocycles. The summed E-state index contributed by atoms with van der Waals surface area (Å²) in [6, 6.07) is 0. The van der Waals surface area contributed by atoms with Gasteiger partial charge in [-0.3, -0.25) is 0 Å². The molecule has 0 spiro atoms. The van der Waals surface area contributed by atoms with Gasteiger partial charge in [-0.05, 0) is 39.0 Å². The fraction of sp³-hybridized carbons (Fsp3) is 0.778. The van der Waals surface area contributed by atoms with Gasteiger partial charge in [0.25, 0.3) is 0 Å². The standard InChI is InChI=1S/C9H21N3/c1-2-6-11-8-4-9-12-7-3-5-10/h2,11-12H,1,3-10H2. The van der Waals surface area contributed by atoms with E-state index in [0.29, 0.717) is 0 Å². The number of rotatable bonds is 9. The average Bonchev–Trinajstić information content (AvgIpc) is 2.10. The highest BCUT2D eigenvalue weighted by molar-refractivity contribution is 4.69. The Hall–Kier alpha value is -0.380. The lowest BCUT2D eigenvalue weighted by atomic mass is 10.4. The van der Waals surface area contributed by atoms with Crippen molar-refractivity contribution in [1.82, 2.24) is 10.6 Å². The van der Waals surface area contributed by atoms with Crippen LogP contribution in [0.5, 0.6) is 0 Å². The topological polar surface area (TPSA) is 50.1 Å². The van der Waals surface area contributed by atoms with E-state index in [-0.39, 0.29) is 0 Å². The molecule has 0 aliphatic rings. The first-order valence-electron chi connectivity index (χ1n) is 4.64. The summed E-state index contributed by atoms with van der Waals surface area (Å²) in [6.45, 7) is 8.48. The minimum atomic E-state index is 0.779. The van der Waals surface area contributed by atoms with Crippen molar-refractivity contribution in [3.8, 4) is 0 Å². The van der Waals surface area contributed by atoms with Crippen LogP contribution in [0, 0.1) is 0 Å². The fourth-order valence-corrected chi connectivity index (χ4v) is 0.895. The average molecular weight is 171 g/mol. The van der Waals surface area contributed by atoms with Crippen LogP contribution in [0.25, 0.3) is 0 Å². The van der Waals surface area contributed by atoms with E-state index in [1.165, 1.54) is 6.42 Å². The highest BCUT2D eigenvalue weighted by atomic mass is 14.9. The van der Waals surface area contributed by atoms with Gasteiger partial charge in [0.2, 0.25) is 0 Å². The fourth-order valence-electron chi connectivity index (χ4n) is 0.895. The van der Waals surface area contributed by atoms with Crippen LogP contribution < -0.4 is 16.4 Å². The molecule has 4 N–H and O–H groups in total. The Balaban J connectivity index is 2.77. The second kappa shape index (κ2) is 10.6. The van der Waals surface area contributed by atoms with Crippen molar-refractivity contribution in [3.63, 3.8) is 0 Å². The lowest BCUT2D eigenvalue weighted by Crippen LogP contribution is -2.23. The van der Waals surface area contributed by atoms with Crippen LogP contribution in [-0.2, 0) is 0 Å². The van der Waals surface area contributed by atoms with Crippen LogP contribution in [0.2, 0.25) is 0 Å². The maximum atomic E-state index is 5.35. The number of hydrogen-bond donors (Lipinski definition) is 3. The van der Waals surface area contributed by atoms with E-state index >= 15 is 0 Å². The summed E-state index contributed by atoms with van der Waals surface area (Å²) in [5, 5.41) is 6.56. The molecule has 0 aliphatic heterocycles. The van der Waals surface area contributed by atoms with E-state index in [9.17, 15) is 0 Å². The van der Waals surface area contributed by atoms with Crippen molar-refractivity contribution in [3.05, 3.63) is 12.7 Å². The van der Waals surface area contributed by atoms with Crippen molar-refractivity contribution >= 4 is 0 Å². The molecule has 0 rings (SSSR count). The van der Waals surface area contributed by atoms with E-state index in [4.69, 9.17) is 5.73 Å². The number of nitrogens with two attached hydrogens (primary N) is 1. The zero-order chi connectivity index (χ0) is 9.07. The molecule has 0 radical (unpaired) electrons. The van der Waals surface area contributed by atoms with Gasteiger partial charge in [-0.15, -0.1) is 6.58 Å². The monoisotopic (exact) mass is 171 g/mol. The third-order valence-corrected chi connectivity index (χ3v) is 1.55. The van der Waals surface area contributed by atoms with E-state index in [2.05, 4.69) is 17.2 Å². The van der Waals surface area contributed by atoms with Gasteiger partial charge >= 0.3 is 0 Å². The SMILES string of the molecule is C=CCNCCCNCCCN. The molecule has 72 valence electrons. The number of hydrogen-bond acceptors (Lipinski definition) is 3. The van der Waals surface area contributed by atoms with Gasteiger partial charge in [0.05, 0.1) is 0 Å². The van der Waals surface area contributed by atoms with Gasteiger partial charge in [-0.2, -0.15) is 0 Å². The molecular weight excluding hydrogens is 150 g/mol. The molecule has 0 aromatic rings. The summed E-state index contributed by atoms with van der Waals surface area (Å²) in [7, 11) is 0. The van der Waals surface area contributed by atoms with Crippen LogP contribution in [0.1, 0.15) is 12.8 Å². The molecule has 0 bridgehead atoms. The van der Waals surface area contributed by atoms with Crippen LogP contribution in [0.3, 0.4) is 0 Å². The Morgan fingerprint density at radius 1 is 1.08 bits per heavy atom. The molecule has 0 amide bonds. The van der Waals surface area contributed by atoms with E-state index in [1.54, 1.807) is 0 Å². The third kappa shape index (κ3) is 9.62. The molecule has 0 saturated carbocycles. The third-order valence-electron chi connectivity index (χ3n) is 1.55. The largest absolute Gasteiger partial charge is 0.330 e. The predicted molar refractivity (Wildman–Crippen MR) is 54.2 cm³/mol. The van der Waals surface area contributed by atoms with Gasteiger partial charge in [0.1, 0.15) is 0 Å². The highest BCUT2D eigenvalue weighted by Crippen LogP contribution is 1.75. The molecule has 0 heterocycles. The second-order valence-electron chi connectivity index (χ2n) is 2.74. The van der Waals surface area contributed by atoms with Crippen LogP contribution in [-0.4, -0.2) is 32.7 Å². The zero-order valence-electron chi connectivity index (χ0n) is 7.81. The smallest absolute Gasteiger partial charge is 0.0132 e. The molecule has 0 aliphatic carbocycles.